The van der Waals surface area contributed by atoms with Gasteiger partial charge in [-0.25, -0.2) is 8.78 Å². The van der Waals surface area contributed by atoms with Crippen molar-refractivity contribution in [3.8, 4) is 0 Å². The highest BCUT2D eigenvalue weighted by atomic mass is 19.3. The molecular weight excluding hydrogens is 254 g/mol. The van der Waals surface area contributed by atoms with Gasteiger partial charge in [0.05, 0.1) is 5.52 Å². The molecular formula is C13H14F2N2O2. The molecule has 0 fully saturated rings. The third kappa shape index (κ3) is 2.73. The molecule has 0 aliphatic rings. The van der Waals surface area contributed by atoms with Crippen LogP contribution in [0.2, 0.25) is 0 Å². The monoisotopic (exact) mass is 268 g/mol. The Morgan fingerprint density at radius 1 is 1.37 bits per heavy atom. The van der Waals surface area contributed by atoms with Crippen molar-refractivity contribution >= 4 is 16.6 Å². The average molecular weight is 268 g/mol. The molecule has 0 aliphatic heterocycles. The predicted octanol–water partition coefficient (Wildman–Crippen LogP) is 1.58. The minimum Gasteiger partial charge on any atom is -0.385 e. The number of fused-ring (bicyclic) bond motifs is 1. The zero-order valence-electron chi connectivity index (χ0n) is 10.3. The van der Waals surface area contributed by atoms with Crippen LogP contribution in [0.5, 0.6) is 0 Å². The first-order valence-corrected chi connectivity index (χ1v) is 5.79. The van der Waals surface area contributed by atoms with Crippen molar-refractivity contribution in [3.05, 3.63) is 40.7 Å². The fourth-order valence-corrected chi connectivity index (χ4v) is 1.86. The molecule has 19 heavy (non-hydrogen) atoms. The number of hydrogen-bond donors (Lipinski definition) is 2. The maximum absolute atomic E-state index is 12.2. The van der Waals surface area contributed by atoms with Crippen LogP contribution in [-0.4, -0.2) is 28.7 Å². The summed E-state index contributed by atoms with van der Waals surface area (Å²) in [6.07, 6.45) is -4.58. The summed E-state index contributed by atoms with van der Waals surface area (Å²) in [4.78, 5) is 11.7. The first-order valence-electron chi connectivity index (χ1n) is 5.79. The number of pyridine rings is 1. The van der Waals surface area contributed by atoms with E-state index in [0.29, 0.717) is 11.2 Å². The van der Waals surface area contributed by atoms with Gasteiger partial charge in [0.15, 0.2) is 0 Å². The van der Waals surface area contributed by atoms with Crippen molar-refractivity contribution in [2.75, 3.05) is 11.9 Å². The van der Waals surface area contributed by atoms with E-state index in [4.69, 9.17) is 5.11 Å². The number of alkyl halides is 2. The molecule has 4 nitrogen and oxygen atoms in total. The molecule has 1 heterocycles. The number of aromatic nitrogens is 1. The van der Waals surface area contributed by atoms with E-state index in [1.165, 1.54) is 10.6 Å². The molecule has 1 aromatic carbocycles. The van der Waals surface area contributed by atoms with Crippen LogP contribution in [0.4, 0.5) is 14.5 Å². The van der Waals surface area contributed by atoms with Crippen molar-refractivity contribution in [2.24, 2.45) is 7.05 Å². The number of hydrogen-bond acceptors (Lipinski definition) is 3. The number of aryl methyl sites for hydroxylation is 1. The van der Waals surface area contributed by atoms with E-state index >= 15 is 0 Å². The summed E-state index contributed by atoms with van der Waals surface area (Å²) in [5.41, 5.74) is 0.898. The van der Waals surface area contributed by atoms with Gasteiger partial charge in [0.25, 0.3) is 12.0 Å². The number of halogens is 2. The van der Waals surface area contributed by atoms with Gasteiger partial charge in [0.2, 0.25) is 0 Å². The minimum atomic E-state index is -2.81. The third-order valence-electron chi connectivity index (χ3n) is 2.95. The second kappa shape index (κ2) is 5.36. The summed E-state index contributed by atoms with van der Waals surface area (Å²) >= 11 is 0. The molecule has 0 bridgehead atoms. The Morgan fingerprint density at radius 3 is 2.74 bits per heavy atom. The van der Waals surface area contributed by atoms with Crippen molar-refractivity contribution in [1.82, 2.24) is 4.57 Å². The molecule has 0 aliphatic carbocycles. The number of nitrogens with one attached hydrogen (secondary N) is 1. The summed E-state index contributed by atoms with van der Waals surface area (Å²) in [6.45, 7) is -0.311. The van der Waals surface area contributed by atoms with E-state index in [1.807, 2.05) is 0 Å². The highest BCUT2D eigenvalue weighted by Crippen LogP contribution is 2.20. The molecule has 1 atom stereocenters. The van der Waals surface area contributed by atoms with Crippen LogP contribution in [0.3, 0.4) is 0 Å². The maximum Gasteiger partial charge on any atom is 0.265 e. The Bertz CT molecular complexity index is 640. The molecule has 0 amide bonds. The van der Waals surface area contributed by atoms with Crippen LogP contribution in [0.1, 0.15) is 0 Å². The lowest BCUT2D eigenvalue weighted by Gasteiger charge is -2.14. The number of aliphatic hydroxyl groups is 1. The standard InChI is InChI=1S/C13H14F2N2O2/c1-17-10-5-3-2-4-8(10)9(6-12(17)19)16-7-11(18)13(14)15/h2-6,11,13,16,18H,7H2,1H3. The van der Waals surface area contributed by atoms with Crippen molar-refractivity contribution in [2.45, 2.75) is 12.5 Å². The Morgan fingerprint density at radius 2 is 2.05 bits per heavy atom. The summed E-state index contributed by atoms with van der Waals surface area (Å²) in [6, 6.07) is 8.47. The molecule has 102 valence electrons. The zero-order valence-corrected chi connectivity index (χ0v) is 10.3. The molecule has 2 N–H and O–H groups in total. The van der Waals surface area contributed by atoms with Crippen LogP contribution < -0.4 is 10.9 Å². The molecule has 1 aromatic heterocycles. The van der Waals surface area contributed by atoms with Crippen LogP contribution >= 0.6 is 0 Å². The predicted molar refractivity (Wildman–Crippen MR) is 69.7 cm³/mol. The highest BCUT2D eigenvalue weighted by molar-refractivity contribution is 5.91. The van der Waals surface area contributed by atoms with Gasteiger partial charge in [-0.05, 0) is 6.07 Å². The molecule has 0 radical (unpaired) electrons. The molecule has 2 rings (SSSR count). The van der Waals surface area contributed by atoms with Gasteiger partial charge in [-0.3, -0.25) is 4.79 Å². The van der Waals surface area contributed by atoms with Gasteiger partial charge >= 0.3 is 0 Å². The van der Waals surface area contributed by atoms with Gasteiger partial charge in [-0.15, -0.1) is 0 Å². The Kier molecular flexibility index (Phi) is 3.80. The Balaban J connectivity index is 2.38. The van der Waals surface area contributed by atoms with Gasteiger partial charge in [-0.1, -0.05) is 18.2 Å². The van der Waals surface area contributed by atoms with Crippen LogP contribution in [0, 0.1) is 0 Å². The largest absolute Gasteiger partial charge is 0.385 e. The van der Waals surface area contributed by atoms with E-state index in [9.17, 15) is 13.6 Å². The van der Waals surface area contributed by atoms with Gasteiger partial charge in [-0.2, -0.15) is 0 Å². The second-order valence-electron chi connectivity index (χ2n) is 4.26. The summed E-state index contributed by atoms with van der Waals surface area (Å²) < 4.78 is 25.9. The van der Waals surface area contributed by atoms with E-state index < -0.39 is 12.5 Å². The molecule has 6 heteroatoms. The molecule has 0 saturated carbocycles. The Labute approximate surface area is 108 Å². The number of benzene rings is 1. The van der Waals surface area contributed by atoms with Crippen molar-refractivity contribution in [3.63, 3.8) is 0 Å². The van der Waals surface area contributed by atoms with Crippen LogP contribution in [0.15, 0.2) is 35.1 Å². The van der Waals surface area contributed by atoms with E-state index in [-0.39, 0.29) is 12.1 Å². The third-order valence-corrected chi connectivity index (χ3v) is 2.95. The number of nitrogens with zero attached hydrogens (tertiary/aromatic N) is 1. The van der Waals surface area contributed by atoms with Crippen LogP contribution in [0.25, 0.3) is 10.9 Å². The van der Waals surface area contributed by atoms with Crippen molar-refractivity contribution < 1.29 is 13.9 Å². The minimum absolute atomic E-state index is 0.243. The molecule has 2 aromatic rings. The zero-order chi connectivity index (χ0) is 14.0. The number of rotatable bonds is 4. The molecule has 0 saturated heterocycles. The lowest BCUT2D eigenvalue weighted by atomic mass is 10.1. The number of para-hydroxylation sites is 1. The first kappa shape index (κ1) is 13.5. The second-order valence-corrected chi connectivity index (χ2v) is 4.26. The molecule has 0 spiro atoms. The normalized spacial score (nSPS) is 12.9. The fraction of sp³-hybridized carbons (Fsp3) is 0.308. The first-order chi connectivity index (χ1) is 9.00. The smallest absolute Gasteiger partial charge is 0.265 e. The fourth-order valence-electron chi connectivity index (χ4n) is 1.86. The quantitative estimate of drug-likeness (QED) is 0.885. The van der Waals surface area contributed by atoms with Crippen molar-refractivity contribution in [1.29, 1.82) is 0 Å². The number of anilines is 1. The van der Waals surface area contributed by atoms with E-state index in [0.717, 1.165) is 5.39 Å². The summed E-state index contributed by atoms with van der Waals surface area (Å²) in [5, 5.41) is 12.5. The summed E-state index contributed by atoms with van der Waals surface area (Å²) in [7, 11) is 1.64. The topological polar surface area (TPSA) is 54.3 Å². The summed E-state index contributed by atoms with van der Waals surface area (Å²) in [5.74, 6) is 0. The average Bonchev–Trinajstić information content (AvgIpc) is 2.40. The maximum atomic E-state index is 12.2. The number of aliphatic hydroxyl groups excluding tert-OH is 1. The molecule has 1 unspecified atom stereocenters. The van der Waals surface area contributed by atoms with Gasteiger partial charge in [0.1, 0.15) is 6.10 Å². The lowest BCUT2D eigenvalue weighted by molar-refractivity contribution is 0.00386. The van der Waals surface area contributed by atoms with E-state index in [1.54, 1.807) is 31.3 Å². The highest BCUT2D eigenvalue weighted by Gasteiger charge is 2.16. The van der Waals surface area contributed by atoms with Crippen LogP contribution in [-0.2, 0) is 7.05 Å². The Hall–Kier alpha value is -1.95. The lowest BCUT2D eigenvalue weighted by Crippen LogP contribution is -2.27. The SMILES string of the molecule is Cn1c(=O)cc(NCC(O)C(F)F)c2ccccc21. The van der Waals surface area contributed by atoms with E-state index in [2.05, 4.69) is 5.32 Å². The van der Waals surface area contributed by atoms with Gasteiger partial charge in [0, 0.05) is 30.7 Å². The van der Waals surface area contributed by atoms with Gasteiger partial charge < -0.3 is 15.0 Å².